The van der Waals surface area contributed by atoms with E-state index in [-0.39, 0.29) is 24.3 Å². The standard InChI is InChI=1S/C25H27FN2O2.ClH/c26-21-11-13-22(14-12-21)27-15-17-28(18-16-27)23(19-29-24-7-3-1-4-8-24)20-30-25-9-5-2-6-10-25;/h1-14,23H,15-20H2;1H. The molecule has 164 valence electrons. The lowest BCUT2D eigenvalue weighted by molar-refractivity contribution is -0.838. The first-order valence-corrected chi connectivity index (χ1v) is 10.5. The molecule has 0 unspecified atom stereocenters. The Balaban J connectivity index is 0.00000272. The minimum Gasteiger partial charge on any atom is -1.00 e. The largest absolute Gasteiger partial charge is 1.00 e. The van der Waals surface area contributed by atoms with E-state index in [9.17, 15) is 4.39 Å². The molecular formula is C25H28ClFN2O2. The number of hydrogen-bond donors (Lipinski definition) is 1. The second-order valence-corrected chi connectivity index (χ2v) is 7.55. The van der Waals surface area contributed by atoms with Crippen molar-refractivity contribution in [1.29, 1.82) is 0 Å². The normalized spacial score (nSPS) is 14.8. The van der Waals surface area contributed by atoms with Crippen LogP contribution in [0, 0.1) is 5.82 Å². The second kappa shape index (κ2) is 11.7. The summed E-state index contributed by atoms with van der Waals surface area (Å²) in [5.41, 5.74) is 1.15. The monoisotopic (exact) mass is 442 g/mol. The fraction of sp³-hybridized carbons (Fsp3) is 0.280. The molecule has 1 aliphatic heterocycles. The molecule has 0 bridgehead atoms. The van der Waals surface area contributed by atoms with Crippen molar-refractivity contribution in [1.82, 2.24) is 4.90 Å². The molecule has 0 spiro atoms. The predicted molar refractivity (Wildman–Crippen MR) is 116 cm³/mol. The highest BCUT2D eigenvalue weighted by molar-refractivity contribution is 5.29. The summed E-state index contributed by atoms with van der Waals surface area (Å²) in [6.45, 7) is 4.96. The zero-order valence-electron chi connectivity index (χ0n) is 17.4. The topological polar surface area (TPSA) is 26.1 Å². The van der Waals surface area contributed by atoms with Gasteiger partial charge in [-0.1, -0.05) is 36.4 Å². The van der Waals surface area contributed by atoms with Gasteiger partial charge in [0.15, 0.2) is 0 Å². The first kappa shape index (κ1) is 23.1. The zero-order valence-corrected chi connectivity index (χ0v) is 18.2. The van der Waals surface area contributed by atoms with Gasteiger partial charge in [-0.05, 0) is 36.4 Å². The van der Waals surface area contributed by atoms with E-state index < -0.39 is 0 Å². The van der Waals surface area contributed by atoms with E-state index in [1.54, 1.807) is 12.1 Å². The Morgan fingerprint density at radius 3 is 1.71 bits per heavy atom. The van der Waals surface area contributed by atoms with Crippen molar-refractivity contribution in [3.63, 3.8) is 0 Å². The summed E-state index contributed by atoms with van der Waals surface area (Å²) >= 11 is 0. The fourth-order valence-corrected chi connectivity index (χ4v) is 3.81. The average molecular weight is 443 g/mol. The van der Waals surface area contributed by atoms with Gasteiger partial charge < -0.3 is 26.8 Å². The Morgan fingerprint density at radius 2 is 1.23 bits per heavy atom. The average Bonchev–Trinajstić information content (AvgIpc) is 2.81. The van der Waals surface area contributed by atoms with Crippen LogP contribution in [0.1, 0.15) is 0 Å². The fourth-order valence-electron chi connectivity index (χ4n) is 3.81. The van der Waals surface area contributed by atoms with Crippen LogP contribution in [0.25, 0.3) is 0 Å². The lowest BCUT2D eigenvalue weighted by atomic mass is 10.2. The zero-order chi connectivity index (χ0) is 20.6. The van der Waals surface area contributed by atoms with Crippen LogP contribution in [-0.4, -0.2) is 50.3 Å². The summed E-state index contributed by atoms with van der Waals surface area (Å²) < 4.78 is 25.4. The molecule has 3 aromatic rings. The van der Waals surface area contributed by atoms with Crippen molar-refractivity contribution in [2.24, 2.45) is 0 Å². The van der Waals surface area contributed by atoms with E-state index in [0.717, 1.165) is 43.4 Å². The van der Waals surface area contributed by atoms with Gasteiger partial charge in [-0.15, -0.1) is 0 Å². The summed E-state index contributed by atoms with van der Waals surface area (Å²) in [7, 11) is 0. The number of benzene rings is 3. The molecule has 3 aromatic carbocycles. The second-order valence-electron chi connectivity index (χ2n) is 7.55. The Kier molecular flexibility index (Phi) is 8.71. The number of halogens is 2. The van der Waals surface area contributed by atoms with Gasteiger partial charge >= 0.3 is 0 Å². The van der Waals surface area contributed by atoms with Gasteiger partial charge in [-0.3, -0.25) is 4.90 Å². The lowest BCUT2D eigenvalue weighted by Crippen LogP contribution is -3.10. The predicted octanol–water partition coefficient (Wildman–Crippen LogP) is 0.188. The van der Waals surface area contributed by atoms with Gasteiger partial charge in [0.1, 0.15) is 36.2 Å². The van der Waals surface area contributed by atoms with Crippen LogP contribution in [0.5, 0.6) is 11.5 Å². The Labute approximate surface area is 189 Å². The SMILES string of the molecule is Fc1ccc([NH+]2CCN(C(COc3ccccc3)COc3ccccc3)CC2)cc1.[Cl-]. The maximum atomic E-state index is 13.2. The Bertz CT molecular complexity index is 845. The van der Waals surface area contributed by atoms with Crippen LogP contribution in [-0.2, 0) is 0 Å². The third-order valence-corrected chi connectivity index (χ3v) is 5.54. The van der Waals surface area contributed by atoms with Crippen molar-refractivity contribution in [2.75, 3.05) is 39.4 Å². The van der Waals surface area contributed by atoms with Gasteiger partial charge in [0.05, 0.1) is 19.1 Å². The quantitative estimate of drug-likeness (QED) is 0.539. The van der Waals surface area contributed by atoms with Crippen LogP contribution in [0.15, 0.2) is 84.9 Å². The van der Waals surface area contributed by atoms with Crippen LogP contribution in [0.4, 0.5) is 10.1 Å². The van der Waals surface area contributed by atoms with Crippen molar-refractivity contribution >= 4 is 5.69 Å². The molecule has 1 aliphatic rings. The molecule has 4 rings (SSSR count). The van der Waals surface area contributed by atoms with Crippen LogP contribution >= 0.6 is 0 Å². The van der Waals surface area contributed by atoms with Crippen LogP contribution in [0.2, 0.25) is 0 Å². The van der Waals surface area contributed by atoms with Gasteiger partial charge in [-0.2, -0.15) is 0 Å². The third-order valence-electron chi connectivity index (χ3n) is 5.54. The molecule has 31 heavy (non-hydrogen) atoms. The maximum absolute atomic E-state index is 13.2. The highest BCUT2D eigenvalue weighted by atomic mass is 35.5. The highest BCUT2D eigenvalue weighted by Gasteiger charge is 2.28. The van der Waals surface area contributed by atoms with Crippen molar-refractivity contribution in [3.05, 3.63) is 90.7 Å². The van der Waals surface area contributed by atoms with Crippen LogP contribution < -0.4 is 26.8 Å². The molecule has 1 heterocycles. The van der Waals surface area contributed by atoms with Gasteiger partial charge in [0, 0.05) is 25.2 Å². The minimum absolute atomic E-state index is 0. The molecule has 6 heteroatoms. The first-order chi connectivity index (χ1) is 14.8. The van der Waals surface area contributed by atoms with E-state index in [1.165, 1.54) is 4.90 Å². The van der Waals surface area contributed by atoms with E-state index in [2.05, 4.69) is 4.90 Å². The molecule has 1 fully saturated rings. The highest BCUT2D eigenvalue weighted by Crippen LogP contribution is 2.14. The van der Waals surface area contributed by atoms with Gasteiger partial charge in [-0.25, -0.2) is 4.39 Å². The molecule has 0 atom stereocenters. The van der Waals surface area contributed by atoms with E-state index in [0.29, 0.717) is 13.2 Å². The van der Waals surface area contributed by atoms with Gasteiger partial charge in [0.2, 0.25) is 0 Å². The first-order valence-electron chi connectivity index (χ1n) is 10.5. The lowest BCUT2D eigenvalue weighted by Gasteiger charge is -2.36. The number of ether oxygens (including phenoxy) is 2. The number of hydrogen-bond acceptors (Lipinski definition) is 3. The number of rotatable bonds is 8. The number of quaternary nitrogens is 1. The molecular weight excluding hydrogens is 415 g/mol. The molecule has 0 saturated carbocycles. The number of piperazine rings is 1. The molecule has 0 radical (unpaired) electrons. The third kappa shape index (κ3) is 6.69. The summed E-state index contributed by atoms with van der Waals surface area (Å²) in [6, 6.07) is 26.8. The van der Waals surface area contributed by atoms with Crippen molar-refractivity contribution in [2.45, 2.75) is 6.04 Å². The Morgan fingerprint density at radius 1 is 0.742 bits per heavy atom. The molecule has 4 nitrogen and oxygen atoms in total. The maximum Gasteiger partial charge on any atom is 0.131 e. The Hall–Kier alpha value is -2.60. The smallest absolute Gasteiger partial charge is 0.131 e. The van der Waals surface area contributed by atoms with E-state index >= 15 is 0 Å². The molecule has 1 N–H and O–H groups in total. The van der Waals surface area contributed by atoms with E-state index in [1.807, 2.05) is 72.8 Å². The number of nitrogens with one attached hydrogen (secondary N) is 1. The molecule has 0 aromatic heterocycles. The number of nitrogens with zero attached hydrogens (tertiary/aromatic N) is 1. The van der Waals surface area contributed by atoms with Crippen LogP contribution in [0.3, 0.4) is 0 Å². The van der Waals surface area contributed by atoms with E-state index in [4.69, 9.17) is 9.47 Å². The minimum atomic E-state index is -0.187. The van der Waals surface area contributed by atoms with Crippen molar-refractivity contribution in [3.8, 4) is 11.5 Å². The summed E-state index contributed by atoms with van der Waals surface area (Å²) in [6.07, 6.45) is 0. The molecule has 0 amide bonds. The summed E-state index contributed by atoms with van der Waals surface area (Å²) in [5.74, 6) is 1.56. The van der Waals surface area contributed by atoms with Crippen molar-refractivity contribution < 1.29 is 31.2 Å². The van der Waals surface area contributed by atoms with Gasteiger partial charge in [0.25, 0.3) is 0 Å². The summed E-state index contributed by atoms with van der Waals surface area (Å²) in [4.78, 5) is 3.83. The molecule has 1 saturated heterocycles. The summed E-state index contributed by atoms with van der Waals surface area (Å²) in [5, 5.41) is 0. The molecule has 0 aliphatic carbocycles. The number of para-hydroxylation sites is 2.